The van der Waals surface area contributed by atoms with E-state index in [1.807, 2.05) is 16.7 Å². The van der Waals surface area contributed by atoms with Crippen LogP contribution in [0.2, 0.25) is 0 Å². The molecule has 0 saturated carbocycles. The molecule has 6 heteroatoms. The van der Waals surface area contributed by atoms with Gasteiger partial charge >= 0.3 is 0 Å². The van der Waals surface area contributed by atoms with Crippen LogP contribution in [0.15, 0.2) is 10.7 Å². The van der Waals surface area contributed by atoms with Crippen LogP contribution < -0.4 is 0 Å². The van der Waals surface area contributed by atoms with Crippen molar-refractivity contribution in [2.24, 2.45) is 5.41 Å². The monoisotopic (exact) mass is 333 g/mol. The van der Waals surface area contributed by atoms with E-state index in [0.29, 0.717) is 17.7 Å². The van der Waals surface area contributed by atoms with E-state index < -0.39 is 0 Å². The molecule has 0 radical (unpaired) electrons. The number of carbonyl (C=O) groups excluding carboxylic acids is 2. The maximum Gasteiger partial charge on any atom is 0.259 e. The Morgan fingerprint density at radius 2 is 2.17 bits per heavy atom. The first kappa shape index (κ1) is 17.0. The fourth-order valence-electron chi connectivity index (χ4n) is 4.12. The second-order valence-corrected chi connectivity index (χ2v) is 7.15. The molecule has 1 atom stereocenters. The molecule has 0 aromatic carbocycles. The number of nitrogens with zero attached hydrogens (tertiary/aromatic N) is 3. The Morgan fingerprint density at radius 3 is 2.92 bits per heavy atom. The van der Waals surface area contributed by atoms with Crippen LogP contribution >= 0.6 is 0 Å². The summed E-state index contributed by atoms with van der Waals surface area (Å²) in [5.74, 6) is 0.964. The number of rotatable bonds is 4. The van der Waals surface area contributed by atoms with Crippen LogP contribution in [0.1, 0.15) is 62.1 Å². The Labute approximate surface area is 143 Å². The van der Waals surface area contributed by atoms with E-state index in [9.17, 15) is 9.59 Å². The van der Waals surface area contributed by atoms with Crippen LogP contribution in [0.5, 0.6) is 0 Å². The largest absolute Gasteiger partial charge is 0.361 e. The van der Waals surface area contributed by atoms with Gasteiger partial charge < -0.3 is 14.3 Å². The van der Waals surface area contributed by atoms with Crippen LogP contribution in [0.4, 0.5) is 0 Å². The molecule has 0 bridgehead atoms. The lowest BCUT2D eigenvalue weighted by Crippen LogP contribution is -2.55. The standard InChI is InChI=1S/C18H27N3O3/c1-3-6-15-14(11-19-24-15)17(23)21-10-5-8-18(13-21)9-7-16(22)20(4-2)12-18/h11H,3-10,12-13H2,1-2H3/t18-/m0/s1. The van der Waals surface area contributed by atoms with Crippen molar-refractivity contribution in [3.05, 3.63) is 17.5 Å². The lowest BCUT2D eigenvalue weighted by molar-refractivity contribution is -0.138. The highest BCUT2D eigenvalue weighted by Gasteiger charge is 2.42. The molecule has 1 aromatic rings. The van der Waals surface area contributed by atoms with E-state index in [0.717, 1.165) is 58.3 Å². The molecule has 0 aliphatic carbocycles. The molecule has 6 nitrogen and oxygen atoms in total. The number of piperidine rings is 2. The summed E-state index contributed by atoms with van der Waals surface area (Å²) in [5.41, 5.74) is 0.660. The maximum atomic E-state index is 12.9. The zero-order valence-corrected chi connectivity index (χ0v) is 14.7. The van der Waals surface area contributed by atoms with Gasteiger partial charge in [0.05, 0.1) is 6.20 Å². The minimum Gasteiger partial charge on any atom is -0.361 e. The van der Waals surface area contributed by atoms with Crippen LogP contribution in [0.3, 0.4) is 0 Å². The second kappa shape index (κ2) is 6.95. The molecule has 2 aliphatic rings. The molecule has 2 fully saturated rings. The van der Waals surface area contributed by atoms with Crippen molar-refractivity contribution in [3.63, 3.8) is 0 Å². The Bertz CT molecular complexity index is 612. The molecule has 24 heavy (non-hydrogen) atoms. The van der Waals surface area contributed by atoms with E-state index in [4.69, 9.17) is 4.52 Å². The SMILES string of the molecule is CCCc1oncc1C(=O)N1CCC[C@@]2(CCC(=O)N(CC)C2)C1. The fourth-order valence-corrected chi connectivity index (χ4v) is 4.12. The summed E-state index contributed by atoms with van der Waals surface area (Å²) in [5, 5.41) is 3.82. The zero-order chi connectivity index (χ0) is 17.2. The van der Waals surface area contributed by atoms with Crippen molar-refractivity contribution in [3.8, 4) is 0 Å². The minimum absolute atomic E-state index is 0.0266. The molecule has 2 aliphatic heterocycles. The van der Waals surface area contributed by atoms with Crippen LogP contribution in [0.25, 0.3) is 0 Å². The van der Waals surface area contributed by atoms with Crippen molar-refractivity contribution in [1.29, 1.82) is 0 Å². The third kappa shape index (κ3) is 3.19. The molecular weight excluding hydrogens is 306 g/mol. The van der Waals surface area contributed by atoms with E-state index in [1.165, 1.54) is 0 Å². The Balaban J connectivity index is 1.74. The summed E-state index contributed by atoms with van der Waals surface area (Å²) in [6.45, 7) is 7.12. The number of amides is 2. The first-order valence-electron chi connectivity index (χ1n) is 9.09. The van der Waals surface area contributed by atoms with Gasteiger partial charge in [0, 0.05) is 44.4 Å². The van der Waals surface area contributed by atoms with Crippen LogP contribution in [-0.4, -0.2) is 52.9 Å². The van der Waals surface area contributed by atoms with Crippen LogP contribution in [-0.2, 0) is 11.2 Å². The predicted molar refractivity (Wildman–Crippen MR) is 89.6 cm³/mol. The summed E-state index contributed by atoms with van der Waals surface area (Å²) in [7, 11) is 0. The van der Waals surface area contributed by atoms with Crippen molar-refractivity contribution in [2.75, 3.05) is 26.2 Å². The van der Waals surface area contributed by atoms with Gasteiger partial charge in [0.2, 0.25) is 5.91 Å². The number of aryl methyl sites for hydroxylation is 1. The molecule has 1 spiro atoms. The topological polar surface area (TPSA) is 66.7 Å². The average Bonchev–Trinajstić information content (AvgIpc) is 3.05. The van der Waals surface area contributed by atoms with Gasteiger partial charge in [-0.25, -0.2) is 0 Å². The predicted octanol–water partition coefficient (Wildman–Crippen LogP) is 2.49. The number of carbonyl (C=O) groups is 2. The highest BCUT2D eigenvalue weighted by atomic mass is 16.5. The molecule has 0 unspecified atom stereocenters. The number of aromatic nitrogens is 1. The van der Waals surface area contributed by atoms with Gasteiger partial charge in [-0.15, -0.1) is 0 Å². The third-order valence-corrected chi connectivity index (χ3v) is 5.43. The molecule has 0 N–H and O–H groups in total. The van der Waals surface area contributed by atoms with Gasteiger partial charge in [-0.2, -0.15) is 0 Å². The summed E-state index contributed by atoms with van der Waals surface area (Å²) in [6, 6.07) is 0. The van der Waals surface area contributed by atoms with Gasteiger partial charge in [0.1, 0.15) is 11.3 Å². The van der Waals surface area contributed by atoms with Crippen molar-refractivity contribution in [1.82, 2.24) is 15.0 Å². The highest BCUT2D eigenvalue weighted by molar-refractivity contribution is 5.95. The first-order valence-corrected chi connectivity index (χ1v) is 9.09. The van der Waals surface area contributed by atoms with Gasteiger partial charge in [-0.05, 0) is 32.6 Å². The second-order valence-electron chi connectivity index (χ2n) is 7.15. The summed E-state index contributed by atoms with van der Waals surface area (Å²) in [6.07, 6.45) is 6.78. The first-order chi connectivity index (χ1) is 11.6. The summed E-state index contributed by atoms with van der Waals surface area (Å²) in [4.78, 5) is 28.8. The van der Waals surface area contributed by atoms with E-state index in [1.54, 1.807) is 6.20 Å². The average molecular weight is 333 g/mol. The maximum absolute atomic E-state index is 12.9. The number of hydrogen-bond donors (Lipinski definition) is 0. The highest BCUT2D eigenvalue weighted by Crippen LogP contribution is 2.39. The molecule has 3 rings (SSSR count). The van der Waals surface area contributed by atoms with Gasteiger partial charge in [0.25, 0.3) is 5.91 Å². The van der Waals surface area contributed by atoms with Gasteiger partial charge in [0.15, 0.2) is 0 Å². The zero-order valence-electron chi connectivity index (χ0n) is 14.7. The van der Waals surface area contributed by atoms with Crippen molar-refractivity contribution >= 4 is 11.8 Å². The Hall–Kier alpha value is -1.85. The molecule has 2 saturated heterocycles. The molecule has 132 valence electrons. The molecule has 1 aromatic heterocycles. The Kier molecular flexibility index (Phi) is 4.92. The van der Waals surface area contributed by atoms with Gasteiger partial charge in [-0.3, -0.25) is 9.59 Å². The van der Waals surface area contributed by atoms with E-state index in [-0.39, 0.29) is 17.2 Å². The normalized spacial score (nSPS) is 24.7. The number of likely N-dealkylation sites (tertiary alicyclic amines) is 2. The summed E-state index contributed by atoms with van der Waals surface area (Å²) >= 11 is 0. The lowest BCUT2D eigenvalue weighted by Gasteiger charge is -2.48. The minimum atomic E-state index is 0.0266. The van der Waals surface area contributed by atoms with E-state index in [2.05, 4.69) is 12.1 Å². The summed E-state index contributed by atoms with van der Waals surface area (Å²) < 4.78 is 5.25. The lowest BCUT2D eigenvalue weighted by atomic mass is 9.73. The van der Waals surface area contributed by atoms with Crippen molar-refractivity contribution in [2.45, 2.75) is 52.4 Å². The fraction of sp³-hybridized carbons (Fsp3) is 0.722. The third-order valence-electron chi connectivity index (χ3n) is 5.43. The van der Waals surface area contributed by atoms with Gasteiger partial charge in [-0.1, -0.05) is 12.1 Å². The molecule has 2 amide bonds. The van der Waals surface area contributed by atoms with Crippen LogP contribution in [0, 0.1) is 5.41 Å². The molecule has 3 heterocycles. The molecular formula is C18H27N3O3. The quantitative estimate of drug-likeness (QED) is 0.849. The van der Waals surface area contributed by atoms with E-state index >= 15 is 0 Å². The van der Waals surface area contributed by atoms with Crippen molar-refractivity contribution < 1.29 is 14.1 Å². The number of hydrogen-bond acceptors (Lipinski definition) is 4. The smallest absolute Gasteiger partial charge is 0.259 e. The Morgan fingerprint density at radius 1 is 1.33 bits per heavy atom.